The van der Waals surface area contributed by atoms with Crippen molar-refractivity contribution in [3.05, 3.63) is 41.7 Å². The van der Waals surface area contributed by atoms with E-state index in [-0.39, 0.29) is 6.42 Å². The van der Waals surface area contributed by atoms with Crippen molar-refractivity contribution >= 4 is 16.7 Å². The monoisotopic (exact) mass is 229 g/mol. The van der Waals surface area contributed by atoms with Crippen LogP contribution in [-0.2, 0) is 17.6 Å². The first kappa shape index (κ1) is 11.6. The third kappa shape index (κ3) is 2.61. The molecule has 88 valence electrons. The van der Waals surface area contributed by atoms with Crippen LogP contribution in [0.2, 0.25) is 0 Å². The molecule has 2 aromatic rings. The van der Waals surface area contributed by atoms with Crippen molar-refractivity contribution in [2.45, 2.75) is 26.2 Å². The van der Waals surface area contributed by atoms with Gasteiger partial charge in [-0.3, -0.25) is 9.78 Å². The second-order valence-corrected chi connectivity index (χ2v) is 4.10. The van der Waals surface area contributed by atoms with Gasteiger partial charge in [0.15, 0.2) is 0 Å². The van der Waals surface area contributed by atoms with Crippen LogP contribution in [0.4, 0.5) is 0 Å². The summed E-state index contributed by atoms with van der Waals surface area (Å²) in [6.07, 6.45) is 5.42. The van der Waals surface area contributed by atoms with E-state index in [0.29, 0.717) is 6.42 Å². The van der Waals surface area contributed by atoms with Crippen molar-refractivity contribution in [2.24, 2.45) is 0 Å². The molecular weight excluding hydrogens is 214 g/mol. The lowest BCUT2D eigenvalue weighted by atomic mass is 10.0. The van der Waals surface area contributed by atoms with Crippen LogP contribution in [-0.4, -0.2) is 16.1 Å². The Morgan fingerprint density at radius 2 is 2.18 bits per heavy atom. The summed E-state index contributed by atoms with van der Waals surface area (Å²) in [4.78, 5) is 14.7. The Kier molecular flexibility index (Phi) is 3.38. The molecule has 0 amide bonds. The minimum atomic E-state index is -0.759. The molecule has 3 heteroatoms. The minimum absolute atomic E-state index is 0.173. The van der Waals surface area contributed by atoms with Crippen LogP contribution >= 0.6 is 0 Å². The van der Waals surface area contributed by atoms with Gasteiger partial charge in [-0.1, -0.05) is 19.1 Å². The predicted octanol–water partition coefficient (Wildman–Crippen LogP) is 2.81. The molecule has 0 unspecified atom stereocenters. The van der Waals surface area contributed by atoms with Gasteiger partial charge in [0.25, 0.3) is 0 Å². The summed E-state index contributed by atoms with van der Waals surface area (Å²) in [5.74, 6) is -0.759. The molecule has 1 aromatic carbocycles. The Morgan fingerprint density at radius 1 is 1.35 bits per heavy atom. The first-order valence-corrected chi connectivity index (χ1v) is 5.78. The first-order chi connectivity index (χ1) is 8.20. The molecule has 1 N–H and O–H groups in total. The second-order valence-electron chi connectivity index (χ2n) is 4.10. The van der Waals surface area contributed by atoms with Gasteiger partial charge in [-0.15, -0.1) is 0 Å². The number of aryl methyl sites for hydroxylation is 2. The number of carboxylic acid groups (broad SMARTS) is 1. The van der Waals surface area contributed by atoms with Crippen molar-refractivity contribution in [2.75, 3.05) is 0 Å². The number of carbonyl (C=O) groups is 1. The zero-order valence-corrected chi connectivity index (χ0v) is 9.81. The third-order valence-corrected chi connectivity index (χ3v) is 2.91. The highest BCUT2D eigenvalue weighted by Gasteiger charge is 2.03. The van der Waals surface area contributed by atoms with Gasteiger partial charge in [0.1, 0.15) is 0 Å². The molecule has 0 saturated carbocycles. The van der Waals surface area contributed by atoms with Crippen molar-refractivity contribution in [1.82, 2.24) is 4.98 Å². The molecule has 0 fully saturated rings. The summed E-state index contributed by atoms with van der Waals surface area (Å²) in [6, 6.07) is 6.10. The lowest BCUT2D eigenvalue weighted by Crippen LogP contribution is -1.97. The molecular formula is C14H15NO2. The van der Waals surface area contributed by atoms with Crippen molar-refractivity contribution in [1.29, 1.82) is 0 Å². The van der Waals surface area contributed by atoms with Crippen LogP contribution in [0.15, 0.2) is 30.6 Å². The zero-order valence-electron chi connectivity index (χ0n) is 9.81. The number of carboxylic acids is 1. The smallest absolute Gasteiger partial charge is 0.303 e. The summed E-state index contributed by atoms with van der Waals surface area (Å²) >= 11 is 0. The van der Waals surface area contributed by atoms with Gasteiger partial charge in [0.05, 0.1) is 0 Å². The highest BCUT2D eigenvalue weighted by atomic mass is 16.4. The Hall–Kier alpha value is -1.90. The van der Waals surface area contributed by atoms with Crippen LogP contribution in [0.1, 0.15) is 24.5 Å². The maximum Gasteiger partial charge on any atom is 0.303 e. The number of hydrogen-bond acceptors (Lipinski definition) is 2. The van der Waals surface area contributed by atoms with Gasteiger partial charge in [-0.2, -0.15) is 0 Å². The number of rotatable bonds is 4. The van der Waals surface area contributed by atoms with Crippen LogP contribution in [0.25, 0.3) is 10.8 Å². The third-order valence-electron chi connectivity index (χ3n) is 2.91. The predicted molar refractivity (Wildman–Crippen MR) is 67.1 cm³/mol. The number of aromatic nitrogens is 1. The van der Waals surface area contributed by atoms with E-state index in [4.69, 9.17) is 5.11 Å². The average Bonchev–Trinajstić information content (AvgIpc) is 2.35. The fraction of sp³-hybridized carbons (Fsp3) is 0.286. The second kappa shape index (κ2) is 4.95. The summed E-state index contributed by atoms with van der Waals surface area (Å²) in [6.45, 7) is 2.11. The molecule has 1 heterocycles. The highest BCUT2D eigenvalue weighted by molar-refractivity contribution is 5.85. The average molecular weight is 229 g/mol. The molecule has 17 heavy (non-hydrogen) atoms. The number of benzene rings is 1. The minimum Gasteiger partial charge on any atom is -0.481 e. The molecule has 2 rings (SSSR count). The maximum absolute atomic E-state index is 10.5. The lowest BCUT2D eigenvalue weighted by Gasteiger charge is -2.05. The van der Waals surface area contributed by atoms with Crippen LogP contribution in [0.3, 0.4) is 0 Å². The molecule has 0 aliphatic heterocycles. The standard InChI is InChI=1S/C14H15NO2/c1-2-11-8-15-9-12-7-10(3-5-13(11)12)4-6-14(16)17/h3,5,7-9H,2,4,6H2,1H3,(H,16,17). The normalized spacial score (nSPS) is 10.6. The fourth-order valence-electron chi connectivity index (χ4n) is 1.98. The summed E-state index contributed by atoms with van der Waals surface area (Å²) < 4.78 is 0. The van der Waals surface area contributed by atoms with Gasteiger partial charge < -0.3 is 5.11 Å². The van der Waals surface area contributed by atoms with Crippen LogP contribution < -0.4 is 0 Å². The van der Waals surface area contributed by atoms with Gasteiger partial charge in [-0.05, 0) is 35.4 Å². The summed E-state index contributed by atoms with van der Waals surface area (Å²) in [5, 5.41) is 11.0. The Balaban J connectivity index is 2.34. The van der Waals surface area contributed by atoms with E-state index in [9.17, 15) is 4.79 Å². The van der Waals surface area contributed by atoms with Crippen molar-refractivity contribution < 1.29 is 9.90 Å². The fourth-order valence-corrected chi connectivity index (χ4v) is 1.98. The van der Waals surface area contributed by atoms with Gasteiger partial charge in [0.2, 0.25) is 0 Å². The van der Waals surface area contributed by atoms with Gasteiger partial charge in [-0.25, -0.2) is 0 Å². The number of fused-ring (bicyclic) bond motifs is 1. The highest BCUT2D eigenvalue weighted by Crippen LogP contribution is 2.20. The summed E-state index contributed by atoms with van der Waals surface area (Å²) in [5.41, 5.74) is 2.28. The van der Waals surface area contributed by atoms with E-state index in [1.807, 2.05) is 24.5 Å². The zero-order chi connectivity index (χ0) is 12.3. The number of hydrogen-bond donors (Lipinski definition) is 1. The first-order valence-electron chi connectivity index (χ1n) is 5.78. The van der Waals surface area contributed by atoms with Crippen molar-refractivity contribution in [3.8, 4) is 0 Å². The topological polar surface area (TPSA) is 50.2 Å². The van der Waals surface area contributed by atoms with E-state index in [1.54, 1.807) is 0 Å². The lowest BCUT2D eigenvalue weighted by molar-refractivity contribution is -0.136. The Labute approximate surface area is 100 Å². The van der Waals surface area contributed by atoms with Gasteiger partial charge >= 0.3 is 5.97 Å². The van der Waals surface area contributed by atoms with Crippen LogP contribution in [0, 0.1) is 0 Å². The maximum atomic E-state index is 10.5. The molecule has 0 aliphatic rings. The number of pyridine rings is 1. The van der Waals surface area contributed by atoms with E-state index in [1.165, 1.54) is 10.9 Å². The Bertz CT molecular complexity index is 549. The SMILES string of the molecule is CCc1cncc2cc(CCC(=O)O)ccc12. The van der Waals surface area contributed by atoms with E-state index in [0.717, 1.165) is 17.4 Å². The van der Waals surface area contributed by atoms with Crippen molar-refractivity contribution in [3.63, 3.8) is 0 Å². The molecule has 0 saturated heterocycles. The van der Waals surface area contributed by atoms with Gasteiger partial charge in [0, 0.05) is 24.2 Å². The molecule has 3 nitrogen and oxygen atoms in total. The molecule has 0 atom stereocenters. The molecule has 0 bridgehead atoms. The molecule has 0 spiro atoms. The van der Waals surface area contributed by atoms with E-state index >= 15 is 0 Å². The molecule has 0 radical (unpaired) electrons. The number of aliphatic carboxylic acids is 1. The quantitative estimate of drug-likeness (QED) is 0.877. The molecule has 0 aliphatic carbocycles. The summed E-state index contributed by atoms with van der Waals surface area (Å²) in [7, 11) is 0. The Morgan fingerprint density at radius 3 is 2.88 bits per heavy atom. The van der Waals surface area contributed by atoms with Crippen LogP contribution in [0.5, 0.6) is 0 Å². The molecule has 1 aromatic heterocycles. The largest absolute Gasteiger partial charge is 0.481 e. The van der Waals surface area contributed by atoms with E-state index < -0.39 is 5.97 Å². The van der Waals surface area contributed by atoms with E-state index in [2.05, 4.69) is 18.0 Å². The number of nitrogens with zero attached hydrogens (tertiary/aromatic N) is 1.